The van der Waals surface area contributed by atoms with Crippen LogP contribution in [0.1, 0.15) is 27.0 Å². The molecule has 3 aromatic rings. The van der Waals surface area contributed by atoms with E-state index in [4.69, 9.17) is 10.5 Å². The van der Waals surface area contributed by atoms with E-state index in [0.717, 1.165) is 38.1 Å². The van der Waals surface area contributed by atoms with Crippen molar-refractivity contribution in [3.05, 3.63) is 89.1 Å². The van der Waals surface area contributed by atoms with Crippen molar-refractivity contribution in [2.45, 2.75) is 19.3 Å². The van der Waals surface area contributed by atoms with Gasteiger partial charge in [-0.25, -0.2) is 4.98 Å². The van der Waals surface area contributed by atoms with Gasteiger partial charge in [-0.1, -0.05) is 36.4 Å². The van der Waals surface area contributed by atoms with E-state index in [1.165, 1.54) is 22.9 Å². The lowest BCUT2D eigenvalue weighted by atomic mass is 10.1. The number of ether oxygens (including phenoxy) is 1. The highest BCUT2D eigenvalue weighted by atomic mass is 16.5. The van der Waals surface area contributed by atoms with Gasteiger partial charge in [-0.3, -0.25) is 4.79 Å². The molecule has 4 rings (SSSR count). The van der Waals surface area contributed by atoms with Gasteiger partial charge in [0.15, 0.2) is 0 Å². The first-order chi connectivity index (χ1) is 14.2. The number of hydrogen-bond acceptors (Lipinski definition) is 4. The first-order valence-electron chi connectivity index (χ1n) is 9.97. The van der Waals surface area contributed by atoms with E-state index in [9.17, 15) is 4.79 Å². The lowest BCUT2D eigenvalue weighted by Crippen LogP contribution is -2.25. The Kier molecular flexibility index (Phi) is 5.86. The van der Waals surface area contributed by atoms with E-state index in [1.54, 1.807) is 12.1 Å². The fourth-order valence-corrected chi connectivity index (χ4v) is 3.78. The Morgan fingerprint density at radius 3 is 2.66 bits per heavy atom. The summed E-state index contributed by atoms with van der Waals surface area (Å²) in [5.41, 5.74) is 9.71. The summed E-state index contributed by atoms with van der Waals surface area (Å²) in [5.74, 6) is 1.34. The standard InChI is InChI=1S/C24H25N3O2/c25-24(28)20-7-9-23(27-16-20)29-22-8-6-19-12-18(13-21(19)14-22)15-26-11-10-17-4-2-1-3-5-17/h1-9,14,16,18,26H,10-13,15H2,(H2,25,28). The van der Waals surface area contributed by atoms with E-state index in [2.05, 4.69) is 52.8 Å². The van der Waals surface area contributed by atoms with Crippen LogP contribution in [0.4, 0.5) is 0 Å². The molecular formula is C24H25N3O2. The Labute approximate surface area is 170 Å². The van der Waals surface area contributed by atoms with E-state index >= 15 is 0 Å². The molecule has 3 N–H and O–H groups in total. The van der Waals surface area contributed by atoms with Crippen LogP contribution in [0.15, 0.2) is 66.9 Å². The normalized spacial score (nSPS) is 15.1. The van der Waals surface area contributed by atoms with Gasteiger partial charge in [0.2, 0.25) is 11.8 Å². The first-order valence-corrected chi connectivity index (χ1v) is 9.97. The first kappa shape index (κ1) is 19.2. The van der Waals surface area contributed by atoms with Gasteiger partial charge < -0.3 is 15.8 Å². The molecule has 0 fully saturated rings. The van der Waals surface area contributed by atoms with E-state index in [1.807, 2.05) is 6.07 Å². The zero-order chi connectivity index (χ0) is 20.1. The summed E-state index contributed by atoms with van der Waals surface area (Å²) in [6, 6.07) is 20.1. The summed E-state index contributed by atoms with van der Waals surface area (Å²) in [6.07, 6.45) is 4.64. The van der Waals surface area contributed by atoms with Gasteiger partial charge in [0.1, 0.15) is 5.75 Å². The summed E-state index contributed by atoms with van der Waals surface area (Å²) < 4.78 is 5.84. The molecule has 5 nitrogen and oxygen atoms in total. The number of rotatable bonds is 8. The minimum atomic E-state index is -0.495. The average molecular weight is 387 g/mol. The maximum absolute atomic E-state index is 11.1. The molecule has 1 unspecified atom stereocenters. The minimum Gasteiger partial charge on any atom is -0.439 e. The van der Waals surface area contributed by atoms with Crippen LogP contribution in [0, 0.1) is 5.92 Å². The number of aromatic nitrogens is 1. The molecule has 1 heterocycles. The number of nitrogens with two attached hydrogens (primary N) is 1. The molecule has 0 saturated heterocycles. The molecule has 0 radical (unpaired) electrons. The van der Waals surface area contributed by atoms with Crippen LogP contribution >= 0.6 is 0 Å². The van der Waals surface area contributed by atoms with Crippen LogP contribution in [-0.2, 0) is 19.3 Å². The molecule has 0 aliphatic heterocycles. The molecule has 1 atom stereocenters. The number of nitrogens with one attached hydrogen (secondary N) is 1. The summed E-state index contributed by atoms with van der Waals surface area (Å²) in [4.78, 5) is 15.3. The number of carbonyl (C=O) groups excluding carboxylic acids is 1. The molecule has 0 spiro atoms. The van der Waals surface area contributed by atoms with Crippen molar-refractivity contribution in [3.8, 4) is 11.6 Å². The van der Waals surface area contributed by atoms with Crippen molar-refractivity contribution >= 4 is 5.91 Å². The van der Waals surface area contributed by atoms with Crippen LogP contribution in [0.25, 0.3) is 0 Å². The van der Waals surface area contributed by atoms with Crippen LogP contribution in [0.5, 0.6) is 11.6 Å². The smallest absolute Gasteiger partial charge is 0.250 e. The van der Waals surface area contributed by atoms with Gasteiger partial charge in [-0.2, -0.15) is 0 Å². The molecule has 148 valence electrons. The highest BCUT2D eigenvalue weighted by Crippen LogP contribution is 2.31. The zero-order valence-corrected chi connectivity index (χ0v) is 16.3. The summed E-state index contributed by atoms with van der Waals surface area (Å²) in [5, 5.41) is 3.60. The number of primary amides is 1. The fraction of sp³-hybridized carbons (Fsp3) is 0.250. The third kappa shape index (κ3) is 5.00. The Hall–Kier alpha value is -3.18. The van der Waals surface area contributed by atoms with Crippen molar-refractivity contribution in [2.24, 2.45) is 11.7 Å². The predicted molar refractivity (Wildman–Crippen MR) is 113 cm³/mol. The Morgan fingerprint density at radius 1 is 1.07 bits per heavy atom. The lowest BCUT2D eigenvalue weighted by molar-refractivity contribution is 0.1000. The van der Waals surface area contributed by atoms with Crippen LogP contribution in [0.2, 0.25) is 0 Å². The molecule has 29 heavy (non-hydrogen) atoms. The Balaban J connectivity index is 1.28. The van der Waals surface area contributed by atoms with Gasteiger partial charge in [0, 0.05) is 12.3 Å². The van der Waals surface area contributed by atoms with Crippen molar-refractivity contribution < 1.29 is 9.53 Å². The van der Waals surface area contributed by atoms with Crippen molar-refractivity contribution in [1.82, 2.24) is 10.3 Å². The molecule has 2 aromatic carbocycles. The zero-order valence-electron chi connectivity index (χ0n) is 16.3. The second-order valence-corrected chi connectivity index (χ2v) is 7.50. The van der Waals surface area contributed by atoms with Gasteiger partial charge in [-0.05, 0) is 73.2 Å². The number of hydrogen-bond donors (Lipinski definition) is 2. The van der Waals surface area contributed by atoms with E-state index < -0.39 is 5.91 Å². The molecule has 1 aliphatic carbocycles. The number of fused-ring (bicyclic) bond motifs is 1. The largest absolute Gasteiger partial charge is 0.439 e. The monoisotopic (exact) mass is 387 g/mol. The maximum atomic E-state index is 11.1. The van der Waals surface area contributed by atoms with Crippen molar-refractivity contribution in [3.63, 3.8) is 0 Å². The average Bonchev–Trinajstić information content (AvgIpc) is 3.14. The van der Waals surface area contributed by atoms with E-state index in [0.29, 0.717) is 17.4 Å². The molecule has 5 heteroatoms. The van der Waals surface area contributed by atoms with Gasteiger partial charge >= 0.3 is 0 Å². The maximum Gasteiger partial charge on any atom is 0.250 e. The van der Waals surface area contributed by atoms with Gasteiger partial charge in [0.25, 0.3) is 0 Å². The molecule has 0 saturated carbocycles. The Morgan fingerprint density at radius 2 is 1.90 bits per heavy atom. The third-order valence-corrected chi connectivity index (χ3v) is 5.30. The second-order valence-electron chi connectivity index (χ2n) is 7.50. The number of amides is 1. The molecule has 0 bridgehead atoms. The minimum absolute atomic E-state index is 0.369. The topological polar surface area (TPSA) is 77.2 Å². The second kappa shape index (κ2) is 8.88. The highest BCUT2D eigenvalue weighted by molar-refractivity contribution is 5.92. The fourth-order valence-electron chi connectivity index (χ4n) is 3.78. The van der Waals surface area contributed by atoms with E-state index in [-0.39, 0.29) is 0 Å². The molecule has 1 aliphatic rings. The lowest BCUT2D eigenvalue weighted by Gasteiger charge is -2.10. The van der Waals surface area contributed by atoms with Crippen LogP contribution in [0.3, 0.4) is 0 Å². The van der Waals surface area contributed by atoms with Crippen molar-refractivity contribution in [2.75, 3.05) is 13.1 Å². The van der Waals surface area contributed by atoms with Gasteiger partial charge in [-0.15, -0.1) is 0 Å². The SMILES string of the molecule is NC(=O)c1ccc(Oc2ccc3c(c2)CC(CNCCc2ccccc2)C3)nc1. The summed E-state index contributed by atoms with van der Waals surface area (Å²) >= 11 is 0. The number of benzene rings is 2. The third-order valence-electron chi connectivity index (χ3n) is 5.30. The number of carbonyl (C=O) groups is 1. The van der Waals surface area contributed by atoms with Gasteiger partial charge in [0.05, 0.1) is 5.56 Å². The summed E-state index contributed by atoms with van der Waals surface area (Å²) in [7, 11) is 0. The highest BCUT2D eigenvalue weighted by Gasteiger charge is 2.21. The van der Waals surface area contributed by atoms with Crippen LogP contribution in [-0.4, -0.2) is 24.0 Å². The number of pyridine rings is 1. The Bertz CT molecular complexity index is 971. The number of nitrogens with zero attached hydrogens (tertiary/aromatic N) is 1. The van der Waals surface area contributed by atoms with Crippen LogP contribution < -0.4 is 15.8 Å². The quantitative estimate of drug-likeness (QED) is 0.580. The van der Waals surface area contributed by atoms with Crippen molar-refractivity contribution in [1.29, 1.82) is 0 Å². The predicted octanol–water partition coefficient (Wildman–Crippen LogP) is 3.52. The summed E-state index contributed by atoms with van der Waals surface area (Å²) in [6.45, 7) is 2.02. The molecule has 1 aromatic heterocycles. The molecule has 1 amide bonds. The molecular weight excluding hydrogens is 362 g/mol.